The lowest BCUT2D eigenvalue weighted by molar-refractivity contribution is 0.305. The smallest absolute Gasteiger partial charge is 0.248 e. The number of piperidine rings is 1. The summed E-state index contributed by atoms with van der Waals surface area (Å²) in [6.07, 6.45) is 3.33. The van der Waals surface area contributed by atoms with E-state index in [1.165, 1.54) is 4.31 Å². The van der Waals surface area contributed by atoms with Gasteiger partial charge in [-0.15, -0.1) is 10.2 Å². The van der Waals surface area contributed by atoms with Gasteiger partial charge in [0.15, 0.2) is 5.76 Å². The van der Waals surface area contributed by atoms with Crippen LogP contribution in [0.3, 0.4) is 0 Å². The van der Waals surface area contributed by atoms with Gasteiger partial charge in [-0.3, -0.25) is 0 Å². The molecule has 1 aliphatic rings. The molecule has 0 radical (unpaired) electrons. The first-order valence-electron chi connectivity index (χ1n) is 7.18. The quantitative estimate of drug-likeness (QED) is 0.835. The molecular weight excluding hydrogens is 306 g/mol. The highest BCUT2D eigenvalue weighted by Gasteiger charge is 2.35. The lowest BCUT2D eigenvalue weighted by Crippen LogP contribution is -2.40. The minimum absolute atomic E-state index is 0.0523. The van der Waals surface area contributed by atoms with E-state index >= 15 is 0 Å². The number of rotatable bonds is 3. The van der Waals surface area contributed by atoms with Crippen molar-refractivity contribution in [2.75, 3.05) is 13.1 Å². The van der Waals surface area contributed by atoms with Gasteiger partial charge in [0.05, 0.1) is 0 Å². The second-order valence-electron chi connectivity index (χ2n) is 5.66. The van der Waals surface area contributed by atoms with Crippen molar-refractivity contribution in [2.24, 2.45) is 7.05 Å². The average molecular weight is 325 g/mol. The zero-order chi connectivity index (χ0) is 15.9. The van der Waals surface area contributed by atoms with Crippen molar-refractivity contribution < 1.29 is 12.9 Å². The summed E-state index contributed by atoms with van der Waals surface area (Å²) in [6, 6.07) is 0. The van der Waals surface area contributed by atoms with Gasteiger partial charge in [0.25, 0.3) is 0 Å². The lowest BCUT2D eigenvalue weighted by Gasteiger charge is -2.31. The predicted octanol–water partition coefficient (Wildman–Crippen LogP) is 0.988. The van der Waals surface area contributed by atoms with E-state index in [1.54, 1.807) is 20.2 Å². The van der Waals surface area contributed by atoms with Crippen molar-refractivity contribution in [1.82, 2.24) is 24.2 Å². The van der Waals surface area contributed by atoms with Crippen LogP contribution in [0.1, 0.15) is 36.0 Å². The van der Waals surface area contributed by atoms with Crippen LogP contribution in [0.5, 0.6) is 0 Å². The Labute approximate surface area is 129 Å². The van der Waals surface area contributed by atoms with Crippen molar-refractivity contribution >= 4 is 10.0 Å². The number of aryl methyl sites for hydroxylation is 3. The predicted molar refractivity (Wildman–Crippen MR) is 77.7 cm³/mol. The molecule has 0 aliphatic carbocycles. The molecule has 0 unspecified atom stereocenters. The van der Waals surface area contributed by atoms with Crippen LogP contribution in [-0.4, -0.2) is 45.7 Å². The summed E-state index contributed by atoms with van der Waals surface area (Å²) in [5.41, 5.74) is 0.401. The van der Waals surface area contributed by atoms with Crippen molar-refractivity contribution in [3.63, 3.8) is 0 Å². The van der Waals surface area contributed by atoms with Crippen molar-refractivity contribution in [1.29, 1.82) is 0 Å². The number of sulfonamides is 1. The molecule has 0 saturated carbocycles. The molecule has 0 aromatic carbocycles. The molecule has 22 heavy (non-hydrogen) atoms. The van der Waals surface area contributed by atoms with Gasteiger partial charge >= 0.3 is 0 Å². The van der Waals surface area contributed by atoms with Crippen molar-refractivity contribution in [3.8, 4) is 0 Å². The highest BCUT2D eigenvalue weighted by atomic mass is 32.2. The average Bonchev–Trinajstić information content (AvgIpc) is 3.05. The van der Waals surface area contributed by atoms with Gasteiger partial charge in [-0.2, -0.15) is 4.31 Å². The van der Waals surface area contributed by atoms with Crippen LogP contribution in [0.4, 0.5) is 0 Å². The molecule has 0 bridgehead atoms. The first-order valence-corrected chi connectivity index (χ1v) is 8.62. The van der Waals surface area contributed by atoms with E-state index in [0.717, 1.165) is 18.7 Å². The van der Waals surface area contributed by atoms with E-state index in [-0.39, 0.29) is 10.8 Å². The van der Waals surface area contributed by atoms with Crippen LogP contribution in [0.2, 0.25) is 0 Å². The van der Waals surface area contributed by atoms with Crippen LogP contribution < -0.4 is 0 Å². The molecule has 8 nitrogen and oxygen atoms in total. The number of nitrogens with zero attached hydrogens (tertiary/aromatic N) is 5. The van der Waals surface area contributed by atoms with E-state index < -0.39 is 10.0 Å². The second kappa shape index (κ2) is 5.47. The van der Waals surface area contributed by atoms with Crippen LogP contribution in [-0.2, 0) is 17.1 Å². The second-order valence-corrected chi connectivity index (χ2v) is 7.53. The zero-order valence-corrected chi connectivity index (χ0v) is 13.7. The Morgan fingerprint density at radius 2 is 2.14 bits per heavy atom. The summed E-state index contributed by atoms with van der Waals surface area (Å²) >= 11 is 0. The number of hydrogen-bond acceptors (Lipinski definition) is 6. The van der Waals surface area contributed by atoms with Gasteiger partial charge in [0.1, 0.15) is 22.7 Å². The molecule has 0 spiro atoms. The summed E-state index contributed by atoms with van der Waals surface area (Å²) in [4.78, 5) is 0.186. The maximum absolute atomic E-state index is 12.9. The third kappa shape index (κ3) is 2.44. The Morgan fingerprint density at radius 1 is 1.36 bits per heavy atom. The maximum atomic E-state index is 12.9. The summed E-state index contributed by atoms with van der Waals surface area (Å²) in [5.74, 6) is 1.20. The molecule has 9 heteroatoms. The summed E-state index contributed by atoms with van der Waals surface area (Å²) in [5, 5.41) is 11.7. The van der Waals surface area contributed by atoms with Gasteiger partial charge in [-0.05, 0) is 26.7 Å². The third-order valence-corrected chi connectivity index (χ3v) is 6.17. The van der Waals surface area contributed by atoms with E-state index in [1.807, 2.05) is 11.6 Å². The monoisotopic (exact) mass is 325 g/mol. The molecule has 3 rings (SSSR count). The van der Waals surface area contributed by atoms with E-state index in [2.05, 4.69) is 15.4 Å². The Kier molecular flexibility index (Phi) is 3.77. The molecule has 3 heterocycles. The standard InChI is InChI=1S/C13H19N5O3S/c1-9-12(10(2)21-16-9)22(19,20)18-6-4-5-11(7-18)13-15-14-8-17(13)3/h8,11H,4-7H2,1-3H3/t11-/m0/s1. The van der Waals surface area contributed by atoms with Gasteiger partial charge in [0.2, 0.25) is 10.0 Å². The van der Waals surface area contributed by atoms with Crippen LogP contribution in [0.15, 0.2) is 15.7 Å². The van der Waals surface area contributed by atoms with Crippen molar-refractivity contribution in [2.45, 2.75) is 37.5 Å². The Morgan fingerprint density at radius 3 is 2.73 bits per heavy atom. The SMILES string of the molecule is Cc1noc(C)c1S(=O)(=O)N1CCC[C@H](c2nncn2C)C1. The minimum atomic E-state index is -3.60. The Balaban J connectivity index is 1.90. The van der Waals surface area contributed by atoms with Crippen LogP contribution in [0, 0.1) is 13.8 Å². The molecule has 2 aromatic rings. The third-order valence-electron chi connectivity index (χ3n) is 4.06. The molecule has 2 aromatic heterocycles. The largest absolute Gasteiger partial charge is 0.360 e. The van der Waals surface area contributed by atoms with E-state index in [4.69, 9.17) is 4.52 Å². The molecule has 1 atom stereocenters. The van der Waals surface area contributed by atoms with E-state index in [9.17, 15) is 8.42 Å². The fraction of sp³-hybridized carbons (Fsp3) is 0.615. The maximum Gasteiger partial charge on any atom is 0.248 e. The number of aromatic nitrogens is 4. The highest BCUT2D eigenvalue weighted by Crippen LogP contribution is 2.31. The highest BCUT2D eigenvalue weighted by molar-refractivity contribution is 7.89. The minimum Gasteiger partial charge on any atom is -0.360 e. The van der Waals surface area contributed by atoms with Gasteiger partial charge in [-0.25, -0.2) is 8.42 Å². The number of hydrogen-bond donors (Lipinski definition) is 0. The zero-order valence-electron chi connectivity index (χ0n) is 12.9. The summed E-state index contributed by atoms with van der Waals surface area (Å²) in [7, 11) is -1.73. The van der Waals surface area contributed by atoms with Crippen LogP contribution >= 0.6 is 0 Å². The van der Waals surface area contributed by atoms with Gasteiger partial charge in [0, 0.05) is 26.1 Å². The summed E-state index contributed by atoms with van der Waals surface area (Å²) < 4.78 is 34.1. The van der Waals surface area contributed by atoms with Gasteiger partial charge in [-0.1, -0.05) is 5.16 Å². The first kappa shape index (κ1) is 15.2. The van der Waals surface area contributed by atoms with Crippen LogP contribution in [0.25, 0.3) is 0 Å². The van der Waals surface area contributed by atoms with Gasteiger partial charge < -0.3 is 9.09 Å². The Hall–Kier alpha value is -1.74. The fourth-order valence-corrected chi connectivity index (χ4v) is 4.82. The topological polar surface area (TPSA) is 94.1 Å². The molecule has 1 saturated heterocycles. The lowest BCUT2D eigenvalue weighted by atomic mass is 9.99. The molecule has 0 N–H and O–H groups in total. The normalized spacial score (nSPS) is 20.4. The molecule has 120 valence electrons. The molecule has 0 amide bonds. The summed E-state index contributed by atoms with van der Waals surface area (Å²) in [6.45, 7) is 4.17. The first-order chi connectivity index (χ1) is 10.4. The Bertz CT molecular complexity index is 760. The fourth-order valence-electron chi connectivity index (χ4n) is 3.01. The molecule has 1 aliphatic heterocycles. The van der Waals surface area contributed by atoms with Crippen molar-refractivity contribution in [3.05, 3.63) is 23.6 Å². The molecule has 1 fully saturated rings. The molecular formula is C13H19N5O3S. The van der Waals surface area contributed by atoms with E-state index in [0.29, 0.717) is 24.5 Å².